The van der Waals surface area contributed by atoms with Gasteiger partial charge in [0.25, 0.3) is 0 Å². The van der Waals surface area contributed by atoms with E-state index in [1.165, 1.54) is 180 Å². The first kappa shape index (κ1) is 65.1. The Balaban J connectivity index is 4.44. The number of rotatable bonds is 53. The van der Waals surface area contributed by atoms with Crippen molar-refractivity contribution in [1.82, 2.24) is 0 Å². The highest BCUT2D eigenvalue weighted by Crippen LogP contribution is 2.16. The topological polar surface area (TPSA) is 78.9 Å². The summed E-state index contributed by atoms with van der Waals surface area (Å²) in [4.78, 5) is 38.1. The molecule has 1 atom stereocenters. The Bertz CT molecular complexity index is 1230. The molecule has 0 aliphatic carbocycles. The van der Waals surface area contributed by atoms with Crippen LogP contribution in [0, 0.1) is 0 Å². The van der Waals surface area contributed by atoms with Gasteiger partial charge in [-0.1, -0.05) is 255 Å². The van der Waals surface area contributed by atoms with Gasteiger partial charge in [-0.05, 0) is 83.5 Å². The van der Waals surface area contributed by atoms with Crippen LogP contribution in [0.5, 0.6) is 0 Å². The first-order chi connectivity index (χ1) is 33.5. The molecule has 6 nitrogen and oxygen atoms in total. The van der Waals surface area contributed by atoms with E-state index >= 15 is 0 Å². The smallest absolute Gasteiger partial charge is 0.306 e. The van der Waals surface area contributed by atoms with E-state index < -0.39 is 6.10 Å². The normalized spacial score (nSPS) is 12.5. The maximum Gasteiger partial charge on any atom is 0.306 e. The quantitative estimate of drug-likeness (QED) is 0.0262. The molecule has 0 aromatic rings. The van der Waals surface area contributed by atoms with Crippen molar-refractivity contribution in [2.75, 3.05) is 13.2 Å². The summed E-state index contributed by atoms with van der Waals surface area (Å²) in [6.45, 7) is 6.59. The fourth-order valence-electron chi connectivity index (χ4n) is 8.31. The van der Waals surface area contributed by atoms with Crippen LogP contribution in [0.25, 0.3) is 0 Å². The van der Waals surface area contributed by atoms with Crippen molar-refractivity contribution in [3.05, 3.63) is 60.8 Å². The fraction of sp³-hybridized carbons (Fsp3) is 0.790. The summed E-state index contributed by atoms with van der Waals surface area (Å²) in [5, 5.41) is 0. The van der Waals surface area contributed by atoms with E-state index in [1.807, 2.05) is 0 Å². The van der Waals surface area contributed by atoms with Gasteiger partial charge in [-0.15, -0.1) is 0 Å². The first-order valence-corrected chi connectivity index (χ1v) is 29.3. The highest BCUT2D eigenvalue weighted by molar-refractivity contribution is 5.71. The highest BCUT2D eigenvalue weighted by atomic mass is 16.6. The zero-order chi connectivity index (χ0) is 49.3. The third kappa shape index (κ3) is 54.1. The molecule has 394 valence electrons. The summed E-state index contributed by atoms with van der Waals surface area (Å²) < 4.78 is 16.8. The molecule has 0 amide bonds. The van der Waals surface area contributed by atoms with Gasteiger partial charge in [-0.3, -0.25) is 14.4 Å². The SMILES string of the molecule is CCCCC/C=C\C/C=C\C/C=C\C/C=C\CCCC(=O)O[C@H](COC(=O)CCCCCCC/C=C\CCCCCCCC)COC(=O)CCCCCCCCCCCCCCCCCCCC. The molecule has 0 fully saturated rings. The van der Waals surface area contributed by atoms with Crippen molar-refractivity contribution in [2.45, 2.75) is 303 Å². The number of esters is 3. The number of carbonyl (C=O) groups excluding carboxylic acids is 3. The molecule has 68 heavy (non-hydrogen) atoms. The van der Waals surface area contributed by atoms with Crippen LogP contribution in [0.15, 0.2) is 60.8 Å². The summed E-state index contributed by atoms with van der Waals surface area (Å²) in [6, 6.07) is 0. The summed E-state index contributed by atoms with van der Waals surface area (Å²) in [5.41, 5.74) is 0. The molecule has 0 saturated heterocycles. The van der Waals surface area contributed by atoms with Crippen molar-refractivity contribution >= 4 is 17.9 Å². The molecule has 0 spiro atoms. The lowest BCUT2D eigenvalue weighted by Gasteiger charge is -2.18. The minimum absolute atomic E-state index is 0.0958. The summed E-state index contributed by atoms with van der Waals surface area (Å²) in [5.74, 6) is -0.948. The molecule has 0 bridgehead atoms. The van der Waals surface area contributed by atoms with E-state index in [1.54, 1.807) is 0 Å². The Hall–Kier alpha value is -2.89. The third-order valence-corrected chi connectivity index (χ3v) is 12.7. The summed E-state index contributed by atoms with van der Waals surface area (Å²) in [6.07, 6.45) is 70.7. The largest absolute Gasteiger partial charge is 0.462 e. The van der Waals surface area contributed by atoms with Crippen LogP contribution in [0.3, 0.4) is 0 Å². The monoisotopic (exact) mass is 951 g/mol. The van der Waals surface area contributed by atoms with Gasteiger partial charge < -0.3 is 14.2 Å². The van der Waals surface area contributed by atoms with Crippen molar-refractivity contribution in [1.29, 1.82) is 0 Å². The average molecular weight is 952 g/mol. The van der Waals surface area contributed by atoms with Crippen LogP contribution < -0.4 is 0 Å². The second kappa shape index (κ2) is 56.7. The minimum atomic E-state index is -0.804. The van der Waals surface area contributed by atoms with Crippen LogP contribution in [0.1, 0.15) is 297 Å². The molecular weight excluding hydrogens is 841 g/mol. The molecule has 0 heterocycles. The van der Waals surface area contributed by atoms with Gasteiger partial charge in [0.05, 0.1) is 0 Å². The van der Waals surface area contributed by atoms with Crippen molar-refractivity contribution in [3.8, 4) is 0 Å². The number of ether oxygens (including phenoxy) is 3. The molecule has 0 aliphatic heterocycles. The molecular formula is C62H110O6. The van der Waals surface area contributed by atoms with E-state index in [-0.39, 0.29) is 37.5 Å². The predicted molar refractivity (Wildman–Crippen MR) is 293 cm³/mol. The van der Waals surface area contributed by atoms with Gasteiger partial charge in [0.15, 0.2) is 6.10 Å². The zero-order valence-electron chi connectivity index (χ0n) is 45.1. The predicted octanol–water partition coefficient (Wildman–Crippen LogP) is 19.6. The van der Waals surface area contributed by atoms with E-state index in [9.17, 15) is 14.4 Å². The van der Waals surface area contributed by atoms with Crippen LogP contribution in [0.4, 0.5) is 0 Å². The van der Waals surface area contributed by atoms with E-state index in [2.05, 4.69) is 81.5 Å². The molecule has 6 heteroatoms. The van der Waals surface area contributed by atoms with Crippen LogP contribution in [-0.2, 0) is 28.6 Å². The maximum absolute atomic E-state index is 12.8. The van der Waals surface area contributed by atoms with E-state index in [0.717, 1.165) is 70.6 Å². The minimum Gasteiger partial charge on any atom is -0.462 e. The van der Waals surface area contributed by atoms with Gasteiger partial charge in [-0.2, -0.15) is 0 Å². The molecule has 0 aromatic carbocycles. The standard InChI is InChI=1S/C62H110O6/c1-4-7-10-13-16-19-22-25-28-30-32-34-37-40-43-46-49-52-55-61(64)67-58-59(57-66-60(63)54-51-48-45-42-39-36-33-27-24-21-18-15-12-9-6-3)68-62(65)56-53-50-47-44-41-38-35-31-29-26-23-20-17-14-11-8-5-2/h17,20,26-27,29,33,35,38,44,47,59H,4-16,18-19,21-25,28,30-32,34,36-37,39-43,45-46,48-58H2,1-3H3/b20-17-,29-26-,33-27-,38-35-,47-44-/t59-/m1/s1. The molecule has 0 aromatic heterocycles. The van der Waals surface area contributed by atoms with Gasteiger partial charge in [0.2, 0.25) is 0 Å². The third-order valence-electron chi connectivity index (χ3n) is 12.7. The fourth-order valence-corrected chi connectivity index (χ4v) is 8.31. The first-order valence-electron chi connectivity index (χ1n) is 29.3. The number of carbonyl (C=O) groups is 3. The summed E-state index contributed by atoms with van der Waals surface area (Å²) in [7, 11) is 0. The van der Waals surface area contributed by atoms with Gasteiger partial charge in [-0.25, -0.2) is 0 Å². The maximum atomic E-state index is 12.8. The van der Waals surface area contributed by atoms with E-state index in [4.69, 9.17) is 14.2 Å². The van der Waals surface area contributed by atoms with Crippen LogP contribution in [-0.4, -0.2) is 37.2 Å². The van der Waals surface area contributed by atoms with Crippen molar-refractivity contribution in [3.63, 3.8) is 0 Å². The number of hydrogen-bond acceptors (Lipinski definition) is 6. The Morgan fingerprint density at radius 1 is 0.294 bits per heavy atom. The van der Waals surface area contributed by atoms with E-state index in [0.29, 0.717) is 19.3 Å². The Morgan fingerprint density at radius 2 is 0.544 bits per heavy atom. The van der Waals surface area contributed by atoms with Crippen LogP contribution in [0.2, 0.25) is 0 Å². The zero-order valence-corrected chi connectivity index (χ0v) is 45.1. The molecule has 0 aliphatic rings. The second-order valence-corrected chi connectivity index (χ2v) is 19.6. The van der Waals surface area contributed by atoms with Crippen molar-refractivity contribution < 1.29 is 28.6 Å². The number of hydrogen-bond donors (Lipinski definition) is 0. The lowest BCUT2D eigenvalue weighted by molar-refractivity contribution is -0.167. The Morgan fingerprint density at radius 3 is 0.912 bits per heavy atom. The lowest BCUT2D eigenvalue weighted by Crippen LogP contribution is -2.30. The van der Waals surface area contributed by atoms with Gasteiger partial charge >= 0.3 is 17.9 Å². The molecule has 0 N–H and O–H groups in total. The number of unbranched alkanes of at least 4 members (excludes halogenated alkanes) is 32. The van der Waals surface area contributed by atoms with Gasteiger partial charge in [0, 0.05) is 19.3 Å². The molecule has 0 rings (SSSR count). The number of allylic oxidation sites excluding steroid dienone is 10. The molecule has 0 saturated carbocycles. The second-order valence-electron chi connectivity index (χ2n) is 19.6. The van der Waals surface area contributed by atoms with Crippen molar-refractivity contribution in [2.24, 2.45) is 0 Å². The summed E-state index contributed by atoms with van der Waals surface area (Å²) >= 11 is 0. The molecule has 0 unspecified atom stereocenters. The van der Waals surface area contributed by atoms with Gasteiger partial charge in [0.1, 0.15) is 13.2 Å². The Kier molecular flexibility index (Phi) is 54.3. The molecule has 0 radical (unpaired) electrons. The Labute approximate surface area is 421 Å². The van der Waals surface area contributed by atoms with Crippen LogP contribution >= 0.6 is 0 Å². The lowest BCUT2D eigenvalue weighted by atomic mass is 10.0. The highest BCUT2D eigenvalue weighted by Gasteiger charge is 2.19. The average Bonchev–Trinajstić information content (AvgIpc) is 3.34.